The average molecular weight is 477 g/mol. The van der Waals surface area contributed by atoms with Crippen molar-refractivity contribution in [3.8, 4) is 5.75 Å². The van der Waals surface area contributed by atoms with Crippen LogP contribution in [0.3, 0.4) is 0 Å². The van der Waals surface area contributed by atoms with Crippen LogP contribution in [0.2, 0.25) is 0 Å². The first-order valence-electron chi connectivity index (χ1n) is 9.79. The molecule has 0 bridgehead atoms. The first kappa shape index (κ1) is 22.3. The van der Waals surface area contributed by atoms with Gasteiger partial charge in [0.05, 0.1) is 17.2 Å². The van der Waals surface area contributed by atoms with Crippen LogP contribution in [-0.4, -0.2) is 51.4 Å². The summed E-state index contributed by atoms with van der Waals surface area (Å²) in [5.41, 5.74) is 1.61. The number of ether oxygens (including phenoxy) is 3. The third kappa shape index (κ3) is 6.29. The van der Waals surface area contributed by atoms with E-state index in [9.17, 15) is 9.59 Å². The first-order valence-corrected chi connectivity index (χ1v) is 10.6. The molecule has 0 saturated carbocycles. The molecule has 7 nitrogen and oxygen atoms in total. The van der Waals surface area contributed by atoms with E-state index >= 15 is 0 Å². The highest BCUT2D eigenvalue weighted by Gasteiger charge is 2.17. The van der Waals surface area contributed by atoms with Crippen molar-refractivity contribution in [2.75, 3.05) is 38.8 Å². The van der Waals surface area contributed by atoms with Gasteiger partial charge in [0.25, 0.3) is 11.8 Å². The third-order valence-corrected chi connectivity index (χ3v) is 5.26. The van der Waals surface area contributed by atoms with Crippen molar-refractivity contribution < 1.29 is 23.8 Å². The fourth-order valence-corrected chi connectivity index (χ4v) is 3.49. The van der Waals surface area contributed by atoms with Crippen molar-refractivity contribution >= 4 is 33.4 Å². The van der Waals surface area contributed by atoms with Crippen LogP contribution in [0.5, 0.6) is 5.75 Å². The maximum atomic E-state index is 12.6. The molecule has 30 heavy (non-hydrogen) atoms. The lowest BCUT2D eigenvalue weighted by Crippen LogP contribution is -2.26. The van der Waals surface area contributed by atoms with E-state index in [1.807, 2.05) is 0 Å². The first-order chi connectivity index (χ1) is 14.6. The van der Waals surface area contributed by atoms with Gasteiger partial charge in [-0.2, -0.15) is 0 Å². The van der Waals surface area contributed by atoms with Crippen molar-refractivity contribution in [1.82, 2.24) is 5.32 Å². The van der Waals surface area contributed by atoms with E-state index in [0.29, 0.717) is 46.8 Å². The van der Waals surface area contributed by atoms with E-state index in [1.54, 1.807) is 49.6 Å². The molecule has 1 heterocycles. The summed E-state index contributed by atoms with van der Waals surface area (Å²) in [7, 11) is 1.58. The molecule has 160 valence electrons. The zero-order valence-corrected chi connectivity index (χ0v) is 18.4. The lowest BCUT2D eigenvalue weighted by Gasteiger charge is -2.13. The van der Waals surface area contributed by atoms with Crippen molar-refractivity contribution in [2.45, 2.75) is 18.9 Å². The zero-order valence-electron chi connectivity index (χ0n) is 16.8. The highest BCUT2D eigenvalue weighted by Crippen LogP contribution is 2.27. The van der Waals surface area contributed by atoms with Gasteiger partial charge in [-0.1, -0.05) is 0 Å². The van der Waals surface area contributed by atoms with Gasteiger partial charge < -0.3 is 24.8 Å². The fraction of sp³-hybridized carbons (Fsp3) is 0.364. The Morgan fingerprint density at radius 2 is 1.90 bits per heavy atom. The Labute approximate surface area is 184 Å². The van der Waals surface area contributed by atoms with Crippen LogP contribution in [0.1, 0.15) is 33.6 Å². The van der Waals surface area contributed by atoms with Gasteiger partial charge in [-0.25, -0.2) is 0 Å². The van der Waals surface area contributed by atoms with Crippen LogP contribution in [0, 0.1) is 0 Å². The van der Waals surface area contributed by atoms with Gasteiger partial charge in [0, 0.05) is 37.1 Å². The molecule has 1 aliphatic heterocycles. The van der Waals surface area contributed by atoms with Gasteiger partial charge in [-0.05, 0) is 71.2 Å². The molecular formula is C22H25BrN2O5. The smallest absolute Gasteiger partial charge is 0.255 e. The molecule has 0 spiro atoms. The number of anilines is 1. The fourth-order valence-electron chi connectivity index (χ4n) is 2.99. The summed E-state index contributed by atoms with van der Waals surface area (Å²) in [6, 6.07) is 11.9. The topological polar surface area (TPSA) is 85.9 Å². The Balaban J connectivity index is 1.54. The quantitative estimate of drug-likeness (QED) is 0.539. The lowest BCUT2D eigenvalue weighted by molar-refractivity contribution is 0.0677. The standard InChI is InChI=1S/C22H25BrN2O5/c1-28-12-10-24-21(26)15-4-7-17(8-5-15)25-22(27)16-6-9-20(19(23)13-16)30-14-18-3-2-11-29-18/h4-9,13,18H,2-3,10-12,14H2,1H3,(H,24,26)(H,25,27). The maximum absolute atomic E-state index is 12.6. The predicted octanol–water partition coefficient (Wildman–Crippen LogP) is 3.64. The van der Waals surface area contributed by atoms with Crippen LogP contribution in [0.15, 0.2) is 46.9 Å². The van der Waals surface area contributed by atoms with Crippen LogP contribution >= 0.6 is 15.9 Å². The van der Waals surface area contributed by atoms with E-state index in [1.165, 1.54) is 0 Å². The van der Waals surface area contributed by atoms with Crippen molar-refractivity contribution in [3.05, 3.63) is 58.1 Å². The molecular weight excluding hydrogens is 452 g/mol. The number of benzene rings is 2. The van der Waals surface area contributed by atoms with E-state index < -0.39 is 0 Å². The summed E-state index contributed by atoms with van der Waals surface area (Å²) in [5, 5.41) is 5.58. The van der Waals surface area contributed by atoms with Crippen LogP contribution in [0.25, 0.3) is 0 Å². The zero-order chi connectivity index (χ0) is 21.3. The Morgan fingerprint density at radius 1 is 1.13 bits per heavy atom. The lowest BCUT2D eigenvalue weighted by atomic mass is 10.1. The molecule has 3 rings (SSSR count). The maximum Gasteiger partial charge on any atom is 0.255 e. The molecule has 2 amide bonds. The Kier molecular flexibility index (Phi) is 8.24. The molecule has 1 aliphatic rings. The van der Waals surface area contributed by atoms with Gasteiger partial charge in [0.2, 0.25) is 0 Å². The molecule has 1 unspecified atom stereocenters. The summed E-state index contributed by atoms with van der Waals surface area (Å²) in [5.74, 6) is 0.233. The number of hydrogen-bond acceptors (Lipinski definition) is 5. The molecule has 1 atom stereocenters. The molecule has 0 radical (unpaired) electrons. The SMILES string of the molecule is COCCNC(=O)c1ccc(NC(=O)c2ccc(OCC3CCCO3)c(Br)c2)cc1. The highest BCUT2D eigenvalue weighted by molar-refractivity contribution is 9.10. The van der Waals surface area contributed by atoms with E-state index in [0.717, 1.165) is 19.4 Å². The number of methoxy groups -OCH3 is 1. The molecule has 0 aromatic heterocycles. The summed E-state index contributed by atoms with van der Waals surface area (Å²) in [4.78, 5) is 24.6. The van der Waals surface area contributed by atoms with E-state index in [4.69, 9.17) is 14.2 Å². The van der Waals surface area contributed by atoms with Crippen molar-refractivity contribution in [1.29, 1.82) is 0 Å². The molecule has 2 aromatic rings. The minimum atomic E-state index is -0.251. The number of amides is 2. The molecule has 1 saturated heterocycles. The number of nitrogens with one attached hydrogen (secondary N) is 2. The van der Waals surface area contributed by atoms with Crippen molar-refractivity contribution in [3.63, 3.8) is 0 Å². The van der Waals surface area contributed by atoms with E-state index in [2.05, 4.69) is 26.6 Å². The monoisotopic (exact) mass is 476 g/mol. The van der Waals surface area contributed by atoms with Gasteiger partial charge >= 0.3 is 0 Å². The summed E-state index contributed by atoms with van der Waals surface area (Å²) < 4.78 is 17.0. The molecule has 0 aliphatic carbocycles. The van der Waals surface area contributed by atoms with Gasteiger partial charge in [-0.3, -0.25) is 9.59 Å². The minimum absolute atomic E-state index is 0.130. The predicted molar refractivity (Wildman–Crippen MR) is 117 cm³/mol. The van der Waals surface area contributed by atoms with Crippen LogP contribution < -0.4 is 15.4 Å². The summed E-state index contributed by atoms with van der Waals surface area (Å²) in [6.07, 6.45) is 2.20. The Bertz CT molecular complexity index is 866. The number of hydrogen-bond donors (Lipinski definition) is 2. The van der Waals surface area contributed by atoms with Gasteiger partial charge in [-0.15, -0.1) is 0 Å². The second kappa shape index (κ2) is 11.1. The van der Waals surface area contributed by atoms with Crippen molar-refractivity contribution in [2.24, 2.45) is 0 Å². The average Bonchev–Trinajstić information content (AvgIpc) is 3.27. The van der Waals surface area contributed by atoms with Crippen LogP contribution in [-0.2, 0) is 9.47 Å². The minimum Gasteiger partial charge on any atom is -0.490 e. The number of halogens is 1. The van der Waals surface area contributed by atoms with Crippen LogP contribution in [0.4, 0.5) is 5.69 Å². The molecule has 2 N–H and O–H groups in total. The molecule has 1 fully saturated rings. The second-order valence-electron chi connectivity index (χ2n) is 6.87. The normalized spacial score (nSPS) is 15.6. The molecule has 8 heteroatoms. The number of carbonyl (C=O) groups excluding carboxylic acids is 2. The Hall–Kier alpha value is -2.42. The van der Waals surface area contributed by atoms with Gasteiger partial charge in [0.1, 0.15) is 12.4 Å². The number of carbonyl (C=O) groups is 2. The third-order valence-electron chi connectivity index (χ3n) is 4.64. The highest BCUT2D eigenvalue weighted by atomic mass is 79.9. The summed E-state index contributed by atoms with van der Waals surface area (Å²) >= 11 is 3.46. The van der Waals surface area contributed by atoms with Gasteiger partial charge in [0.15, 0.2) is 0 Å². The Morgan fingerprint density at radius 3 is 2.57 bits per heavy atom. The second-order valence-corrected chi connectivity index (χ2v) is 7.73. The summed E-state index contributed by atoms with van der Waals surface area (Å²) in [6.45, 7) is 2.17. The van der Waals surface area contributed by atoms with E-state index in [-0.39, 0.29) is 17.9 Å². The molecule has 2 aromatic carbocycles. The number of rotatable bonds is 9. The largest absolute Gasteiger partial charge is 0.490 e.